The maximum absolute atomic E-state index is 11.1. The number of H-pyrrole nitrogens is 2. The monoisotopic (exact) mass is 351 g/mol. The number of non-ortho nitro benzene ring substituents is 1. The van der Waals surface area contributed by atoms with Crippen molar-refractivity contribution in [1.82, 2.24) is 15.0 Å². The van der Waals surface area contributed by atoms with Crippen LogP contribution in [0.1, 0.15) is 5.69 Å². The minimum absolute atomic E-state index is 0.00777. The summed E-state index contributed by atoms with van der Waals surface area (Å²) in [5.41, 5.74) is 8.46. The van der Waals surface area contributed by atoms with Gasteiger partial charge in [-0.1, -0.05) is 6.07 Å². The average molecular weight is 351 g/mol. The zero-order chi connectivity index (χ0) is 18.4. The average Bonchev–Trinajstić information content (AvgIpc) is 3.13. The van der Waals surface area contributed by atoms with Crippen molar-refractivity contribution in [2.75, 3.05) is 0 Å². The number of hydrogen-bond donors (Lipinski definition) is 3. The lowest BCUT2D eigenvalue weighted by Gasteiger charge is -2.00. The summed E-state index contributed by atoms with van der Waals surface area (Å²) in [6.07, 6.45) is -0.930. The van der Waals surface area contributed by atoms with Crippen LogP contribution < -0.4 is 10.5 Å². The van der Waals surface area contributed by atoms with Gasteiger partial charge >= 0.3 is 6.09 Å². The summed E-state index contributed by atoms with van der Waals surface area (Å²) in [6, 6.07) is 9.68. The van der Waals surface area contributed by atoms with E-state index in [1.165, 1.54) is 12.1 Å². The zero-order valence-corrected chi connectivity index (χ0v) is 13.6. The second-order valence-corrected chi connectivity index (χ2v) is 5.77. The summed E-state index contributed by atoms with van der Waals surface area (Å²) in [5, 5.41) is 11.8. The van der Waals surface area contributed by atoms with Crippen LogP contribution in [0.25, 0.3) is 33.3 Å². The molecule has 4 N–H and O–H groups in total. The van der Waals surface area contributed by atoms with Crippen LogP contribution in [0.15, 0.2) is 36.4 Å². The summed E-state index contributed by atoms with van der Waals surface area (Å²) in [5.74, 6) is 0.741. The molecule has 0 atom stereocenters. The molecule has 4 rings (SSSR count). The van der Waals surface area contributed by atoms with E-state index in [0.717, 1.165) is 11.2 Å². The predicted molar refractivity (Wildman–Crippen MR) is 95.0 cm³/mol. The lowest BCUT2D eigenvalue weighted by atomic mass is 10.1. The normalized spacial score (nSPS) is 11.1. The standard InChI is InChI=1S/C17H13N5O4/c1-8-14(10-7-9(22(24)25)5-6-11(10)19-8)16-20-12-3-2-4-13(15(12)21-16)26-17(18)23/h2-7,19H,1H3,(H2,18,23)(H,20,21). The quantitative estimate of drug-likeness (QED) is 0.383. The number of nitrogens with one attached hydrogen (secondary N) is 2. The molecule has 0 unspecified atom stereocenters. The third kappa shape index (κ3) is 2.42. The number of rotatable bonds is 3. The molecule has 0 saturated heterocycles. The van der Waals surface area contributed by atoms with E-state index in [1.807, 2.05) is 6.92 Å². The number of nitrogens with zero attached hydrogens (tertiary/aromatic N) is 2. The minimum atomic E-state index is -0.930. The van der Waals surface area contributed by atoms with Gasteiger partial charge in [0.25, 0.3) is 5.69 Å². The molecule has 4 aromatic rings. The van der Waals surface area contributed by atoms with Crippen molar-refractivity contribution in [1.29, 1.82) is 0 Å². The largest absolute Gasteiger partial charge is 0.410 e. The first-order valence-electron chi connectivity index (χ1n) is 7.67. The van der Waals surface area contributed by atoms with Gasteiger partial charge in [0.1, 0.15) is 11.3 Å². The first-order valence-corrected chi connectivity index (χ1v) is 7.67. The van der Waals surface area contributed by atoms with Crippen LogP contribution in [0.3, 0.4) is 0 Å². The Kier molecular flexibility index (Phi) is 3.36. The van der Waals surface area contributed by atoms with E-state index in [1.54, 1.807) is 24.3 Å². The summed E-state index contributed by atoms with van der Waals surface area (Å²) in [7, 11) is 0. The van der Waals surface area contributed by atoms with E-state index in [2.05, 4.69) is 15.0 Å². The molecule has 2 heterocycles. The smallest absolute Gasteiger partial charge is 0.408 e. The number of benzene rings is 2. The molecule has 1 amide bonds. The molecule has 0 fully saturated rings. The lowest BCUT2D eigenvalue weighted by molar-refractivity contribution is -0.384. The molecule has 9 nitrogen and oxygen atoms in total. The van der Waals surface area contributed by atoms with Crippen molar-refractivity contribution in [3.63, 3.8) is 0 Å². The van der Waals surface area contributed by atoms with Gasteiger partial charge in [-0.15, -0.1) is 0 Å². The Hall–Kier alpha value is -3.88. The molecule has 0 spiro atoms. The molecule has 26 heavy (non-hydrogen) atoms. The number of aryl methyl sites for hydroxylation is 1. The molecule has 0 aliphatic heterocycles. The molecule has 130 valence electrons. The highest BCUT2D eigenvalue weighted by atomic mass is 16.6. The number of fused-ring (bicyclic) bond motifs is 2. The first-order chi connectivity index (χ1) is 12.4. The van der Waals surface area contributed by atoms with Crippen LogP contribution in [-0.4, -0.2) is 26.0 Å². The van der Waals surface area contributed by atoms with E-state index in [0.29, 0.717) is 27.8 Å². The van der Waals surface area contributed by atoms with Gasteiger partial charge in [-0.05, 0) is 25.1 Å². The molecule has 0 saturated carbocycles. The highest BCUT2D eigenvalue weighted by Crippen LogP contribution is 2.35. The molecule has 0 radical (unpaired) electrons. The van der Waals surface area contributed by atoms with Gasteiger partial charge in [0.05, 0.1) is 10.4 Å². The highest BCUT2D eigenvalue weighted by Gasteiger charge is 2.18. The number of nitro groups is 1. The number of nitro benzene ring substituents is 1. The van der Waals surface area contributed by atoms with Crippen LogP contribution in [0.2, 0.25) is 0 Å². The molecular weight excluding hydrogens is 338 g/mol. The number of amides is 1. The number of hydrogen-bond acceptors (Lipinski definition) is 5. The predicted octanol–water partition coefficient (Wildman–Crippen LogP) is 3.39. The number of imidazole rings is 1. The van der Waals surface area contributed by atoms with Crippen LogP contribution in [0, 0.1) is 17.0 Å². The van der Waals surface area contributed by atoms with Crippen molar-refractivity contribution in [3.05, 3.63) is 52.2 Å². The Labute approximate surface area is 145 Å². The van der Waals surface area contributed by atoms with Gasteiger partial charge in [0.2, 0.25) is 0 Å². The van der Waals surface area contributed by atoms with Crippen LogP contribution in [-0.2, 0) is 0 Å². The van der Waals surface area contributed by atoms with Gasteiger partial charge in [0.15, 0.2) is 5.75 Å². The Bertz CT molecular complexity index is 1190. The topological polar surface area (TPSA) is 140 Å². The molecule has 2 aromatic carbocycles. The maximum atomic E-state index is 11.1. The van der Waals surface area contributed by atoms with E-state index >= 15 is 0 Å². The van der Waals surface area contributed by atoms with Crippen molar-refractivity contribution in [2.24, 2.45) is 5.73 Å². The Morgan fingerprint density at radius 2 is 2.04 bits per heavy atom. The third-order valence-electron chi connectivity index (χ3n) is 4.10. The molecular formula is C17H13N5O4. The molecule has 9 heteroatoms. The molecule has 0 aliphatic rings. The van der Waals surface area contributed by atoms with Crippen LogP contribution in [0.4, 0.5) is 10.5 Å². The number of carbonyl (C=O) groups excluding carboxylic acids is 1. The van der Waals surface area contributed by atoms with Crippen molar-refractivity contribution >= 4 is 33.7 Å². The fourth-order valence-electron chi connectivity index (χ4n) is 3.05. The molecule has 0 bridgehead atoms. The van der Waals surface area contributed by atoms with Gasteiger partial charge in [-0.3, -0.25) is 10.1 Å². The van der Waals surface area contributed by atoms with E-state index in [-0.39, 0.29) is 11.4 Å². The van der Waals surface area contributed by atoms with E-state index in [4.69, 9.17) is 10.5 Å². The fraction of sp³-hybridized carbons (Fsp3) is 0.0588. The molecule has 2 aromatic heterocycles. The first kappa shape index (κ1) is 15.6. The number of nitrogens with two attached hydrogens (primary N) is 1. The Morgan fingerprint density at radius 1 is 1.23 bits per heavy atom. The fourth-order valence-corrected chi connectivity index (χ4v) is 3.05. The third-order valence-corrected chi connectivity index (χ3v) is 4.10. The van der Waals surface area contributed by atoms with Gasteiger partial charge in [-0.25, -0.2) is 9.78 Å². The number of para-hydroxylation sites is 1. The minimum Gasteiger partial charge on any atom is -0.408 e. The second-order valence-electron chi connectivity index (χ2n) is 5.77. The summed E-state index contributed by atoms with van der Waals surface area (Å²) in [6.45, 7) is 1.86. The number of aromatic nitrogens is 3. The second kappa shape index (κ2) is 5.59. The number of aromatic amines is 2. The Balaban J connectivity index is 1.95. The number of primary amides is 1. The maximum Gasteiger partial charge on any atom is 0.410 e. The van der Waals surface area contributed by atoms with Gasteiger partial charge < -0.3 is 20.4 Å². The summed E-state index contributed by atoms with van der Waals surface area (Å²) in [4.78, 5) is 32.6. The number of ether oxygens (including phenoxy) is 1. The SMILES string of the molecule is Cc1[nH]c2ccc([N+](=O)[O-])cc2c1-c1nc2c(OC(N)=O)cccc2[nH]1. The highest BCUT2D eigenvalue weighted by molar-refractivity contribution is 5.99. The van der Waals surface area contributed by atoms with Gasteiger partial charge in [0, 0.05) is 34.3 Å². The van der Waals surface area contributed by atoms with Crippen molar-refractivity contribution in [2.45, 2.75) is 6.92 Å². The van der Waals surface area contributed by atoms with Crippen LogP contribution in [0.5, 0.6) is 5.75 Å². The lowest BCUT2D eigenvalue weighted by Crippen LogP contribution is -2.16. The van der Waals surface area contributed by atoms with Crippen molar-refractivity contribution < 1.29 is 14.5 Å². The Morgan fingerprint density at radius 3 is 2.77 bits per heavy atom. The van der Waals surface area contributed by atoms with Gasteiger partial charge in [-0.2, -0.15) is 0 Å². The van der Waals surface area contributed by atoms with Crippen LogP contribution >= 0.6 is 0 Å². The molecule has 0 aliphatic carbocycles. The zero-order valence-electron chi connectivity index (χ0n) is 13.6. The number of carbonyl (C=O) groups is 1. The van der Waals surface area contributed by atoms with E-state index in [9.17, 15) is 14.9 Å². The van der Waals surface area contributed by atoms with Crippen molar-refractivity contribution in [3.8, 4) is 17.1 Å². The van der Waals surface area contributed by atoms with E-state index < -0.39 is 11.0 Å². The summed E-state index contributed by atoms with van der Waals surface area (Å²) >= 11 is 0. The summed E-state index contributed by atoms with van der Waals surface area (Å²) < 4.78 is 4.99.